The Balaban J connectivity index is 1.86. The fourth-order valence-electron chi connectivity index (χ4n) is 3.56. The third-order valence-corrected chi connectivity index (χ3v) is 5.08. The first-order chi connectivity index (χ1) is 14.5. The molecule has 0 unspecified atom stereocenters. The molecule has 0 amide bonds. The van der Waals surface area contributed by atoms with Crippen molar-refractivity contribution in [3.63, 3.8) is 0 Å². The molecule has 6 nitrogen and oxygen atoms in total. The Labute approximate surface area is 176 Å². The number of nitrogens with zero attached hydrogens (tertiary/aromatic N) is 2. The van der Waals surface area contributed by atoms with Gasteiger partial charge in [-0.1, -0.05) is 69.2 Å². The number of imidazole rings is 1. The molecule has 0 aliphatic carbocycles. The van der Waals surface area contributed by atoms with Gasteiger partial charge >= 0.3 is 11.8 Å². The molecule has 3 aromatic rings. The summed E-state index contributed by atoms with van der Waals surface area (Å²) in [5.74, 6) is 0.298. The zero-order chi connectivity index (χ0) is 21.5. The first-order valence-corrected chi connectivity index (χ1v) is 10.4. The van der Waals surface area contributed by atoms with Gasteiger partial charge in [-0.2, -0.15) is 0 Å². The first-order valence-electron chi connectivity index (χ1n) is 10.4. The van der Waals surface area contributed by atoms with Crippen LogP contribution in [0.3, 0.4) is 0 Å². The fourth-order valence-corrected chi connectivity index (χ4v) is 3.56. The lowest BCUT2D eigenvalue weighted by Crippen LogP contribution is -2.25. The number of unbranched alkanes of at least 4 members (excludes halogenated alkanes) is 1. The second-order valence-corrected chi connectivity index (χ2v) is 7.35. The van der Waals surface area contributed by atoms with Crippen molar-refractivity contribution in [2.24, 2.45) is 0 Å². The molecule has 0 atom stereocenters. The molecule has 1 aromatic heterocycles. The summed E-state index contributed by atoms with van der Waals surface area (Å²) >= 11 is 0. The number of ether oxygens (including phenoxy) is 1. The molecule has 0 saturated carbocycles. The van der Waals surface area contributed by atoms with Crippen molar-refractivity contribution in [3.05, 3.63) is 76.5 Å². The lowest BCUT2D eigenvalue weighted by molar-refractivity contribution is 0.144. The normalized spacial score (nSPS) is 10.9. The van der Waals surface area contributed by atoms with Crippen molar-refractivity contribution in [1.82, 2.24) is 9.13 Å². The number of benzene rings is 2. The van der Waals surface area contributed by atoms with Crippen LogP contribution in [0.4, 0.5) is 4.79 Å². The Bertz CT molecular complexity index is 1050. The minimum absolute atomic E-state index is 0.0381. The van der Waals surface area contributed by atoms with Crippen LogP contribution in [0.25, 0.3) is 11.1 Å². The van der Waals surface area contributed by atoms with Crippen LogP contribution in [-0.4, -0.2) is 20.4 Å². The second-order valence-electron chi connectivity index (χ2n) is 7.35. The molecule has 0 saturated heterocycles. The topological polar surface area (TPSA) is 73.5 Å². The molecule has 3 rings (SSSR count). The van der Waals surface area contributed by atoms with Gasteiger partial charge in [0.05, 0.1) is 6.54 Å². The van der Waals surface area contributed by atoms with Gasteiger partial charge in [0, 0.05) is 24.0 Å². The summed E-state index contributed by atoms with van der Waals surface area (Å²) < 4.78 is 8.57. The summed E-state index contributed by atoms with van der Waals surface area (Å²) in [7, 11) is 0. The van der Waals surface area contributed by atoms with Crippen LogP contribution in [0.15, 0.2) is 59.5 Å². The first kappa shape index (κ1) is 21.4. The molecule has 30 heavy (non-hydrogen) atoms. The fraction of sp³-hybridized carbons (Fsp3) is 0.333. The van der Waals surface area contributed by atoms with E-state index in [4.69, 9.17) is 9.84 Å². The van der Waals surface area contributed by atoms with Crippen LogP contribution in [0.1, 0.15) is 44.4 Å². The number of carbonyl (C=O) groups is 1. The third-order valence-electron chi connectivity index (χ3n) is 5.08. The van der Waals surface area contributed by atoms with E-state index in [1.165, 1.54) is 0 Å². The van der Waals surface area contributed by atoms with Gasteiger partial charge in [0.15, 0.2) is 0 Å². The van der Waals surface area contributed by atoms with Crippen molar-refractivity contribution in [1.29, 1.82) is 0 Å². The van der Waals surface area contributed by atoms with E-state index in [1.54, 1.807) is 12.1 Å². The van der Waals surface area contributed by atoms with Crippen LogP contribution in [0.2, 0.25) is 0 Å². The lowest BCUT2D eigenvalue weighted by atomic mass is 10.0. The Morgan fingerprint density at radius 2 is 1.77 bits per heavy atom. The highest BCUT2D eigenvalue weighted by atomic mass is 16.7. The van der Waals surface area contributed by atoms with Crippen molar-refractivity contribution in [3.8, 4) is 16.9 Å². The maximum atomic E-state index is 12.9. The SMILES string of the molecule is CCCCn1cc(CCC)n(Cc2ccc(-c3ccccc3OC(=O)O)cc2)c1=O. The molecule has 0 aliphatic rings. The van der Waals surface area contributed by atoms with Gasteiger partial charge in [-0.25, -0.2) is 9.59 Å². The summed E-state index contributed by atoms with van der Waals surface area (Å²) in [5, 5.41) is 8.94. The summed E-state index contributed by atoms with van der Waals surface area (Å²) in [4.78, 5) is 23.8. The quantitative estimate of drug-likeness (QED) is 0.391. The minimum atomic E-state index is -1.34. The number of rotatable bonds is 9. The van der Waals surface area contributed by atoms with Gasteiger partial charge in [-0.3, -0.25) is 9.13 Å². The van der Waals surface area contributed by atoms with E-state index in [9.17, 15) is 9.59 Å². The van der Waals surface area contributed by atoms with E-state index >= 15 is 0 Å². The predicted octanol–water partition coefficient (Wildman–Crippen LogP) is 5.17. The van der Waals surface area contributed by atoms with Crippen molar-refractivity contribution >= 4 is 6.16 Å². The second kappa shape index (κ2) is 9.96. The van der Waals surface area contributed by atoms with Gasteiger partial charge in [0.1, 0.15) is 5.75 Å². The van der Waals surface area contributed by atoms with E-state index in [0.29, 0.717) is 17.9 Å². The monoisotopic (exact) mass is 408 g/mol. The number of aryl methyl sites for hydroxylation is 2. The molecule has 1 N–H and O–H groups in total. The van der Waals surface area contributed by atoms with E-state index in [1.807, 2.05) is 51.7 Å². The largest absolute Gasteiger partial charge is 0.511 e. The highest BCUT2D eigenvalue weighted by molar-refractivity contribution is 5.74. The van der Waals surface area contributed by atoms with Gasteiger partial charge in [-0.15, -0.1) is 0 Å². The van der Waals surface area contributed by atoms with Gasteiger partial charge < -0.3 is 9.84 Å². The zero-order valence-electron chi connectivity index (χ0n) is 17.5. The predicted molar refractivity (Wildman–Crippen MR) is 117 cm³/mol. The van der Waals surface area contributed by atoms with Crippen LogP contribution < -0.4 is 10.4 Å². The Hall–Kier alpha value is -3.28. The van der Waals surface area contributed by atoms with Crippen LogP contribution in [-0.2, 0) is 19.5 Å². The molecule has 6 heteroatoms. The molecule has 0 fully saturated rings. The highest BCUT2D eigenvalue weighted by Gasteiger charge is 2.12. The van der Waals surface area contributed by atoms with Crippen LogP contribution >= 0.6 is 0 Å². The average molecular weight is 408 g/mol. The summed E-state index contributed by atoms with van der Waals surface area (Å²) in [5.41, 5.74) is 3.68. The molecule has 2 aromatic carbocycles. The summed E-state index contributed by atoms with van der Waals surface area (Å²) in [6.07, 6.45) is 4.55. The smallest absolute Gasteiger partial charge is 0.449 e. The van der Waals surface area contributed by atoms with E-state index in [0.717, 1.165) is 49.0 Å². The summed E-state index contributed by atoms with van der Waals surface area (Å²) in [6.45, 7) is 5.50. The Morgan fingerprint density at radius 3 is 2.43 bits per heavy atom. The number of hydrogen-bond acceptors (Lipinski definition) is 3. The molecule has 158 valence electrons. The average Bonchev–Trinajstić information content (AvgIpc) is 3.02. The van der Waals surface area contributed by atoms with Crippen molar-refractivity contribution < 1.29 is 14.6 Å². The molecule has 0 radical (unpaired) electrons. The van der Waals surface area contributed by atoms with E-state index in [2.05, 4.69) is 13.8 Å². The molecular weight excluding hydrogens is 380 g/mol. The highest BCUT2D eigenvalue weighted by Crippen LogP contribution is 2.30. The Morgan fingerprint density at radius 1 is 1.03 bits per heavy atom. The van der Waals surface area contributed by atoms with Gasteiger partial charge in [0.25, 0.3) is 0 Å². The Kier molecular flexibility index (Phi) is 7.12. The lowest BCUT2D eigenvalue weighted by Gasteiger charge is -2.10. The number of carboxylic acid groups (broad SMARTS) is 1. The number of aromatic nitrogens is 2. The van der Waals surface area contributed by atoms with E-state index in [-0.39, 0.29) is 5.69 Å². The summed E-state index contributed by atoms with van der Waals surface area (Å²) in [6, 6.07) is 14.8. The zero-order valence-corrected chi connectivity index (χ0v) is 17.5. The van der Waals surface area contributed by atoms with Gasteiger partial charge in [0.2, 0.25) is 0 Å². The maximum Gasteiger partial charge on any atom is 0.511 e. The molecule has 0 aliphatic heterocycles. The molecular formula is C24H28N2O4. The number of para-hydroxylation sites is 1. The minimum Gasteiger partial charge on any atom is -0.449 e. The maximum absolute atomic E-state index is 12.9. The van der Waals surface area contributed by atoms with Crippen molar-refractivity contribution in [2.75, 3.05) is 0 Å². The van der Waals surface area contributed by atoms with Crippen LogP contribution in [0.5, 0.6) is 5.75 Å². The van der Waals surface area contributed by atoms with E-state index < -0.39 is 6.16 Å². The van der Waals surface area contributed by atoms with Crippen molar-refractivity contribution in [2.45, 2.75) is 52.6 Å². The van der Waals surface area contributed by atoms with Gasteiger partial charge in [-0.05, 0) is 30.0 Å². The molecule has 0 spiro atoms. The molecule has 0 bridgehead atoms. The third kappa shape index (κ3) is 5.00. The molecule has 1 heterocycles. The standard InChI is InChI=1S/C24H28N2O4/c1-3-5-15-25-17-20(8-4-2)26(23(25)27)16-18-11-13-19(14-12-18)21-9-6-7-10-22(21)30-24(28)29/h6-7,9-14,17H,3-5,8,15-16H2,1-2H3,(H,28,29). The van der Waals surface area contributed by atoms with Crippen LogP contribution in [0, 0.1) is 0 Å². The number of hydrogen-bond donors (Lipinski definition) is 1.